The van der Waals surface area contributed by atoms with Crippen LogP contribution in [0.5, 0.6) is 11.5 Å². The van der Waals surface area contributed by atoms with Crippen LogP contribution in [0.4, 0.5) is 16.2 Å². The number of amides is 3. The number of nitrogens with zero attached hydrogens (tertiary/aromatic N) is 6. The Morgan fingerprint density at radius 1 is 1.03 bits per heavy atom. The monoisotopic (exact) mass is 1080 g/mol. The number of phenols is 1. The zero-order valence-electron chi connectivity index (χ0n) is 42.8. The van der Waals surface area contributed by atoms with Crippen LogP contribution >= 0.6 is 22.9 Å². The smallest absolute Gasteiger partial charge is 0.243 e. The van der Waals surface area contributed by atoms with E-state index < -0.39 is 41.6 Å². The summed E-state index contributed by atoms with van der Waals surface area (Å²) in [5.41, 5.74) is 5.40. The summed E-state index contributed by atoms with van der Waals surface area (Å²) in [4.78, 5) is 58.5. The number of thiazole rings is 1. The van der Waals surface area contributed by atoms with Crippen LogP contribution in [0.25, 0.3) is 43.2 Å². The van der Waals surface area contributed by atoms with E-state index in [1.165, 1.54) is 17.4 Å². The Kier molecular flexibility index (Phi) is 17.4. The molecule has 2 aliphatic rings. The van der Waals surface area contributed by atoms with Crippen molar-refractivity contribution in [1.29, 1.82) is 0 Å². The van der Waals surface area contributed by atoms with Gasteiger partial charge in [0.25, 0.3) is 0 Å². The van der Waals surface area contributed by atoms with Gasteiger partial charge >= 0.3 is 0 Å². The first kappa shape index (κ1) is 54.0. The summed E-state index contributed by atoms with van der Waals surface area (Å²) in [6.45, 7) is 9.85. The minimum atomic E-state index is -1.07. The van der Waals surface area contributed by atoms with Crippen LogP contribution in [-0.2, 0) is 25.5 Å². The van der Waals surface area contributed by atoms with Crippen LogP contribution in [0, 0.1) is 25.6 Å². The normalized spacial score (nSPS) is 15.9. The summed E-state index contributed by atoms with van der Waals surface area (Å²) in [7, 11) is 1.69. The highest BCUT2D eigenvalue weighted by Crippen LogP contribution is 2.43. The van der Waals surface area contributed by atoms with E-state index in [-0.39, 0.29) is 78.7 Å². The molecule has 0 bridgehead atoms. The van der Waals surface area contributed by atoms with Gasteiger partial charge in [-0.05, 0) is 85.0 Å². The maximum atomic E-state index is 16.9. The van der Waals surface area contributed by atoms with Crippen LogP contribution in [0.3, 0.4) is 0 Å². The molecule has 4 atom stereocenters. The lowest BCUT2D eigenvalue weighted by atomic mass is 9.83. The lowest BCUT2D eigenvalue weighted by Crippen LogP contribution is -2.46. The van der Waals surface area contributed by atoms with Crippen molar-refractivity contribution >= 4 is 74.1 Å². The molecule has 7 aromatic rings. The second-order valence-corrected chi connectivity index (χ2v) is 20.6. The molecule has 4 aromatic carbocycles. The Morgan fingerprint density at radius 3 is 2.59 bits per heavy atom. The topological polar surface area (TPSA) is 229 Å². The summed E-state index contributed by atoms with van der Waals surface area (Å²) >= 11 is 8.38. The third-order valence-electron chi connectivity index (χ3n) is 14.0. The number of ether oxygens (including phenoxy) is 2. The lowest BCUT2D eigenvalue weighted by Gasteiger charge is -2.29. The van der Waals surface area contributed by atoms with Gasteiger partial charge in [0.1, 0.15) is 41.1 Å². The van der Waals surface area contributed by atoms with Gasteiger partial charge in [0.2, 0.25) is 23.7 Å². The number of aliphatic hydroxyl groups excluding tert-OH is 1. The number of imide groups is 1. The number of hydrogen-bond acceptors (Lipinski definition) is 17. The van der Waals surface area contributed by atoms with Crippen molar-refractivity contribution in [2.24, 2.45) is 5.92 Å². The zero-order chi connectivity index (χ0) is 53.5. The number of aromatic nitrogens is 4. The van der Waals surface area contributed by atoms with Gasteiger partial charge < -0.3 is 50.0 Å². The number of aromatic hydroxyl groups is 1. The molecule has 400 valence electrons. The van der Waals surface area contributed by atoms with E-state index in [9.17, 15) is 24.6 Å². The average molecular weight is 1080 g/mol. The first-order chi connectivity index (χ1) is 36.7. The average Bonchev–Trinajstić information content (AvgIpc) is 4.21. The van der Waals surface area contributed by atoms with Gasteiger partial charge in [-0.1, -0.05) is 60.1 Å². The second kappa shape index (κ2) is 24.5. The fraction of sp³-hybridized carbons (Fsp3) is 0.400. The first-order valence-corrected chi connectivity index (χ1v) is 26.8. The van der Waals surface area contributed by atoms with Crippen molar-refractivity contribution in [3.63, 3.8) is 0 Å². The maximum absolute atomic E-state index is 16.9. The van der Waals surface area contributed by atoms with Crippen molar-refractivity contribution in [2.75, 3.05) is 82.9 Å². The molecule has 0 radical (unpaired) electrons. The van der Waals surface area contributed by atoms with E-state index in [1.807, 2.05) is 49.4 Å². The van der Waals surface area contributed by atoms with E-state index in [4.69, 9.17) is 30.6 Å². The number of nitrogens with one attached hydrogen (secondary N) is 4. The predicted molar refractivity (Wildman–Crippen MR) is 291 cm³/mol. The Balaban J connectivity index is 0.812. The van der Waals surface area contributed by atoms with Crippen LogP contribution in [-0.4, -0.2) is 138 Å². The number of aryl methyl sites for hydroxylation is 2. The molecule has 76 heavy (non-hydrogen) atoms. The SMILES string of the molecule is Cc1cc([C@H](C(=O)NC(=O)[C@@H]2CCCN2)C(C)C(O)Cc2ccc(-c3scnc3C)cc2OCCOCCN(C)C(=O)CCNc2nc(N3CCNCC3)c3cc(Cl)c(-c4cc(O)cc5ccccc45)c(F)c3n2)on1. The molecular weight excluding hydrogens is 1020 g/mol. The third kappa shape index (κ3) is 12.4. The number of carbonyl (C=O) groups excluding carboxylic acids is 3. The van der Waals surface area contributed by atoms with Crippen molar-refractivity contribution in [3.8, 4) is 33.1 Å². The molecule has 0 saturated carbocycles. The van der Waals surface area contributed by atoms with E-state index in [2.05, 4.69) is 41.3 Å². The van der Waals surface area contributed by atoms with Crippen LogP contribution < -0.4 is 30.9 Å². The third-order valence-corrected chi connectivity index (χ3v) is 15.3. The highest BCUT2D eigenvalue weighted by molar-refractivity contribution is 7.13. The number of anilines is 2. The summed E-state index contributed by atoms with van der Waals surface area (Å²) in [6.07, 6.45) is 0.601. The molecule has 0 spiro atoms. The first-order valence-electron chi connectivity index (χ1n) is 25.5. The van der Waals surface area contributed by atoms with Gasteiger partial charge in [-0.25, -0.2) is 14.4 Å². The second-order valence-electron chi connectivity index (χ2n) is 19.3. The molecule has 3 aromatic heterocycles. The van der Waals surface area contributed by atoms with Gasteiger partial charge in [0.05, 0.1) is 52.2 Å². The Hall–Kier alpha value is -6.81. The zero-order valence-corrected chi connectivity index (χ0v) is 44.4. The largest absolute Gasteiger partial charge is 0.508 e. The fourth-order valence-electron chi connectivity index (χ4n) is 9.80. The number of rotatable bonds is 21. The van der Waals surface area contributed by atoms with Crippen molar-refractivity contribution < 1.29 is 43.0 Å². The van der Waals surface area contributed by atoms with Gasteiger partial charge in [0, 0.05) is 82.1 Å². The van der Waals surface area contributed by atoms with E-state index in [1.54, 1.807) is 49.5 Å². The van der Waals surface area contributed by atoms with Crippen molar-refractivity contribution in [3.05, 3.63) is 106 Å². The van der Waals surface area contributed by atoms with Crippen molar-refractivity contribution in [2.45, 2.75) is 64.5 Å². The number of benzene rings is 4. The van der Waals surface area contributed by atoms with Crippen molar-refractivity contribution in [1.82, 2.24) is 41.0 Å². The van der Waals surface area contributed by atoms with E-state index in [0.717, 1.165) is 33.3 Å². The summed E-state index contributed by atoms with van der Waals surface area (Å²) in [6, 6.07) is 19.1. The number of likely N-dealkylation sites (N-methyl/N-ethyl adjacent to an activating group) is 1. The van der Waals surface area contributed by atoms with E-state index in [0.29, 0.717) is 79.5 Å². The van der Waals surface area contributed by atoms with E-state index >= 15 is 4.39 Å². The highest BCUT2D eigenvalue weighted by Gasteiger charge is 2.37. The minimum absolute atomic E-state index is 0.0241. The van der Waals surface area contributed by atoms with Crippen LogP contribution in [0.1, 0.15) is 54.8 Å². The molecule has 6 N–H and O–H groups in total. The summed E-state index contributed by atoms with van der Waals surface area (Å²) in [5.74, 6) is -2.08. The molecule has 5 heterocycles. The van der Waals surface area contributed by atoms with Crippen LogP contribution in [0.15, 0.2) is 76.8 Å². The lowest BCUT2D eigenvalue weighted by molar-refractivity contribution is -0.134. The number of hydrogen-bond donors (Lipinski definition) is 6. The molecule has 2 aliphatic heterocycles. The predicted octanol–water partition coefficient (Wildman–Crippen LogP) is 7.16. The highest BCUT2D eigenvalue weighted by atomic mass is 35.5. The van der Waals surface area contributed by atoms with Gasteiger partial charge in [-0.3, -0.25) is 19.7 Å². The fourth-order valence-corrected chi connectivity index (χ4v) is 10.9. The molecule has 9 rings (SSSR count). The van der Waals surface area contributed by atoms with Gasteiger partial charge in [-0.2, -0.15) is 4.98 Å². The maximum Gasteiger partial charge on any atom is 0.243 e. The molecule has 0 aliphatic carbocycles. The number of piperazine rings is 1. The van der Waals surface area contributed by atoms with Gasteiger partial charge in [-0.15, -0.1) is 11.3 Å². The number of aliphatic hydroxyl groups is 1. The van der Waals surface area contributed by atoms with Crippen LogP contribution in [0.2, 0.25) is 5.02 Å². The van der Waals surface area contributed by atoms with Gasteiger partial charge in [0.15, 0.2) is 5.82 Å². The molecular formula is C55H62ClFN10O8S. The standard InChI is InChI=1S/C55H62ClFN10O8S/c1-31-24-45(75-65-31)47(54(72)64-53(71)42-10-7-14-59-42)32(2)43(69)26-35-11-12-36(51-33(3)61-30-76-51)27-44(35)74-23-22-73-21-20-66(4)46(70)13-15-60-55-62-50-40(52(63-55)67-18-16-58-17-19-67)29-41(56)48(49(50)57)39-28-37(68)25-34-8-5-6-9-38(34)39/h5-6,8-9,11-12,24-25,27-30,32,42-43,47,58-59,68-69H,7,10,13-23,26H2,1-4H3,(H,60,62,63)(H,64,71,72)/t32?,42-,43?,47+/m0/s1. The summed E-state index contributed by atoms with van der Waals surface area (Å²) < 4.78 is 34.7. The minimum Gasteiger partial charge on any atom is -0.508 e. The Morgan fingerprint density at radius 2 is 1.84 bits per heavy atom. The molecule has 2 saturated heterocycles. The number of carbonyl (C=O) groups is 3. The Bertz CT molecular complexity index is 3220. The summed E-state index contributed by atoms with van der Waals surface area (Å²) in [5, 5.41) is 40.6. The Labute approximate surface area is 448 Å². The molecule has 18 nitrogen and oxygen atoms in total. The molecule has 2 fully saturated rings. The molecule has 2 unspecified atom stereocenters. The molecule has 21 heteroatoms. The quantitative estimate of drug-likeness (QED) is 0.0392. The number of phenolic OH excluding ortho intramolecular Hbond substituents is 1. The number of halogens is 2. The molecule has 3 amide bonds. The number of fused-ring (bicyclic) bond motifs is 2.